The van der Waals surface area contributed by atoms with Crippen LogP contribution in [0.25, 0.3) is 0 Å². The second-order valence-corrected chi connectivity index (χ2v) is 5.84. The molecule has 0 fully saturated rings. The number of thiophene rings is 1. The molecule has 4 heteroatoms. The van der Waals surface area contributed by atoms with Gasteiger partial charge in [-0.25, -0.2) is 0 Å². The molecule has 0 aliphatic carbocycles. The van der Waals surface area contributed by atoms with E-state index in [9.17, 15) is 0 Å². The lowest BCUT2D eigenvalue weighted by atomic mass is 10.2. The van der Waals surface area contributed by atoms with Gasteiger partial charge in [-0.3, -0.25) is 4.90 Å². The molecule has 1 aromatic rings. The first kappa shape index (κ1) is 14.2. The van der Waals surface area contributed by atoms with Crippen LogP contribution in [0.1, 0.15) is 25.6 Å². The number of halogens is 1. The highest BCUT2D eigenvalue weighted by molar-refractivity contribution is 9.10. The third-order valence-electron chi connectivity index (χ3n) is 2.80. The highest BCUT2D eigenvalue weighted by Gasteiger charge is 2.08. The SMILES string of the molecule is CCN(CC)C(C)CNCc1cc(Br)cs1. The van der Waals surface area contributed by atoms with Gasteiger partial charge in [0.2, 0.25) is 0 Å². The molecule has 1 unspecified atom stereocenters. The minimum absolute atomic E-state index is 0.610. The molecule has 0 spiro atoms. The third-order valence-corrected chi connectivity index (χ3v) is 4.49. The van der Waals surface area contributed by atoms with Crippen molar-refractivity contribution in [2.45, 2.75) is 33.4 Å². The molecule has 1 atom stereocenters. The van der Waals surface area contributed by atoms with Gasteiger partial charge in [-0.05, 0) is 42.0 Å². The van der Waals surface area contributed by atoms with E-state index in [0.29, 0.717) is 6.04 Å². The molecule has 0 bridgehead atoms. The predicted molar refractivity (Wildman–Crippen MR) is 76.1 cm³/mol. The Balaban J connectivity index is 2.24. The Hall–Kier alpha value is 0.1000. The predicted octanol–water partition coefficient (Wildman–Crippen LogP) is 3.33. The van der Waals surface area contributed by atoms with Crippen LogP contribution < -0.4 is 5.32 Å². The summed E-state index contributed by atoms with van der Waals surface area (Å²) in [7, 11) is 0. The fourth-order valence-electron chi connectivity index (χ4n) is 1.83. The summed E-state index contributed by atoms with van der Waals surface area (Å²) in [6, 6.07) is 2.79. The van der Waals surface area contributed by atoms with Crippen LogP contribution in [0, 0.1) is 0 Å². The van der Waals surface area contributed by atoms with Crippen molar-refractivity contribution in [1.82, 2.24) is 10.2 Å². The summed E-state index contributed by atoms with van der Waals surface area (Å²) >= 11 is 5.27. The summed E-state index contributed by atoms with van der Waals surface area (Å²) in [6.45, 7) is 11.0. The summed E-state index contributed by atoms with van der Waals surface area (Å²) in [6.07, 6.45) is 0. The summed E-state index contributed by atoms with van der Waals surface area (Å²) in [5.74, 6) is 0. The highest BCUT2D eigenvalue weighted by Crippen LogP contribution is 2.19. The van der Waals surface area contributed by atoms with Crippen LogP contribution in [-0.2, 0) is 6.54 Å². The van der Waals surface area contributed by atoms with Crippen molar-refractivity contribution in [2.75, 3.05) is 19.6 Å². The fraction of sp³-hybridized carbons (Fsp3) is 0.667. The Morgan fingerprint density at radius 2 is 2.12 bits per heavy atom. The number of hydrogen-bond donors (Lipinski definition) is 1. The number of rotatable bonds is 7. The molecule has 92 valence electrons. The molecule has 1 rings (SSSR count). The minimum atomic E-state index is 0.610. The van der Waals surface area contributed by atoms with Crippen LogP contribution in [0.2, 0.25) is 0 Å². The van der Waals surface area contributed by atoms with Crippen molar-refractivity contribution in [3.8, 4) is 0 Å². The minimum Gasteiger partial charge on any atom is -0.310 e. The monoisotopic (exact) mass is 304 g/mol. The second-order valence-electron chi connectivity index (χ2n) is 3.93. The Labute approximate surface area is 111 Å². The van der Waals surface area contributed by atoms with Crippen LogP contribution >= 0.6 is 27.3 Å². The van der Waals surface area contributed by atoms with Crippen molar-refractivity contribution in [3.05, 3.63) is 20.8 Å². The zero-order chi connectivity index (χ0) is 12.0. The van der Waals surface area contributed by atoms with Gasteiger partial charge in [0.15, 0.2) is 0 Å². The molecule has 1 N–H and O–H groups in total. The molecule has 1 heterocycles. The van der Waals surface area contributed by atoms with Gasteiger partial charge in [-0.15, -0.1) is 11.3 Å². The van der Waals surface area contributed by atoms with E-state index in [1.165, 1.54) is 9.35 Å². The lowest BCUT2D eigenvalue weighted by molar-refractivity contribution is 0.226. The standard InChI is InChI=1S/C12H21BrN2S/c1-4-15(5-2)10(3)7-14-8-12-6-11(13)9-16-12/h6,9-10,14H,4-5,7-8H2,1-3H3. The molecule has 0 aliphatic heterocycles. The molecule has 1 aromatic heterocycles. The molecule has 0 aliphatic rings. The molecule has 0 saturated heterocycles. The van der Waals surface area contributed by atoms with Gasteiger partial charge < -0.3 is 5.32 Å². The van der Waals surface area contributed by atoms with E-state index in [1.807, 2.05) is 0 Å². The van der Waals surface area contributed by atoms with E-state index in [4.69, 9.17) is 0 Å². The Bertz CT molecular complexity index is 297. The Morgan fingerprint density at radius 1 is 1.44 bits per heavy atom. The van der Waals surface area contributed by atoms with Crippen molar-refractivity contribution in [3.63, 3.8) is 0 Å². The second kappa shape index (κ2) is 7.43. The first-order valence-electron chi connectivity index (χ1n) is 5.85. The van der Waals surface area contributed by atoms with E-state index in [1.54, 1.807) is 11.3 Å². The zero-order valence-electron chi connectivity index (χ0n) is 10.3. The maximum atomic E-state index is 3.51. The molecule has 0 aromatic carbocycles. The molecule has 0 amide bonds. The fourth-order valence-corrected chi connectivity index (χ4v) is 3.25. The van der Waals surface area contributed by atoms with Crippen LogP contribution in [0.15, 0.2) is 15.9 Å². The van der Waals surface area contributed by atoms with E-state index < -0.39 is 0 Å². The summed E-state index contributed by atoms with van der Waals surface area (Å²) in [5.41, 5.74) is 0. The normalized spacial score (nSPS) is 13.3. The van der Waals surface area contributed by atoms with E-state index >= 15 is 0 Å². The molecule has 0 radical (unpaired) electrons. The van der Waals surface area contributed by atoms with E-state index in [0.717, 1.165) is 26.2 Å². The maximum Gasteiger partial charge on any atom is 0.0300 e. The zero-order valence-corrected chi connectivity index (χ0v) is 12.7. The number of likely N-dealkylation sites (N-methyl/N-ethyl adjacent to an activating group) is 1. The number of nitrogens with zero attached hydrogens (tertiary/aromatic N) is 1. The maximum absolute atomic E-state index is 3.51. The summed E-state index contributed by atoms with van der Waals surface area (Å²) in [5, 5.41) is 5.64. The van der Waals surface area contributed by atoms with Crippen molar-refractivity contribution < 1.29 is 0 Å². The molecular formula is C12H21BrN2S. The summed E-state index contributed by atoms with van der Waals surface area (Å²) < 4.78 is 1.19. The van der Waals surface area contributed by atoms with Crippen LogP contribution in [0.4, 0.5) is 0 Å². The average Bonchev–Trinajstić information content (AvgIpc) is 2.66. The number of hydrogen-bond acceptors (Lipinski definition) is 3. The van der Waals surface area contributed by atoms with Gasteiger partial charge >= 0.3 is 0 Å². The van der Waals surface area contributed by atoms with Crippen LogP contribution in [0.5, 0.6) is 0 Å². The summed E-state index contributed by atoms with van der Waals surface area (Å²) in [4.78, 5) is 3.86. The third kappa shape index (κ3) is 4.53. The smallest absolute Gasteiger partial charge is 0.0300 e. The van der Waals surface area contributed by atoms with Gasteiger partial charge in [-0.1, -0.05) is 13.8 Å². The molecule has 2 nitrogen and oxygen atoms in total. The highest BCUT2D eigenvalue weighted by atomic mass is 79.9. The van der Waals surface area contributed by atoms with Crippen molar-refractivity contribution >= 4 is 27.3 Å². The van der Waals surface area contributed by atoms with Gasteiger partial charge in [-0.2, -0.15) is 0 Å². The van der Waals surface area contributed by atoms with Crippen molar-refractivity contribution in [2.24, 2.45) is 0 Å². The van der Waals surface area contributed by atoms with Crippen molar-refractivity contribution in [1.29, 1.82) is 0 Å². The molecule has 16 heavy (non-hydrogen) atoms. The lowest BCUT2D eigenvalue weighted by Gasteiger charge is -2.26. The molecular weight excluding hydrogens is 284 g/mol. The van der Waals surface area contributed by atoms with E-state index in [-0.39, 0.29) is 0 Å². The van der Waals surface area contributed by atoms with E-state index in [2.05, 4.69) is 58.4 Å². The number of nitrogens with one attached hydrogen (secondary N) is 1. The quantitative estimate of drug-likeness (QED) is 0.831. The Kier molecular flexibility index (Phi) is 6.58. The van der Waals surface area contributed by atoms with Gasteiger partial charge in [0.1, 0.15) is 0 Å². The largest absolute Gasteiger partial charge is 0.310 e. The first-order chi connectivity index (χ1) is 7.67. The first-order valence-corrected chi connectivity index (χ1v) is 7.52. The van der Waals surface area contributed by atoms with Gasteiger partial charge in [0, 0.05) is 33.9 Å². The van der Waals surface area contributed by atoms with Crippen LogP contribution in [-0.4, -0.2) is 30.6 Å². The topological polar surface area (TPSA) is 15.3 Å². The van der Waals surface area contributed by atoms with Crippen LogP contribution in [0.3, 0.4) is 0 Å². The van der Waals surface area contributed by atoms with Gasteiger partial charge in [0.25, 0.3) is 0 Å². The Morgan fingerprint density at radius 3 is 2.62 bits per heavy atom. The molecule has 0 saturated carbocycles. The lowest BCUT2D eigenvalue weighted by Crippen LogP contribution is -2.39. The van der Waals surface area contributed by atoms with Gasteiger partial charge in [0.05, 0.1) is 0 Å². The average molecular weight is 305 g/mol.